The molecule has 0 bridgehead atoms. The van der Waals surface area contributed by atoms with Gasteiger partial charge in [0.1, 0.15) is 0 Å². The number of carboxylic acids is 1. The summed E-state index contributed by atoms with van der Waals surface area (Å²) in [6, 6.07) is 6.99. The fourth-order valence-electron chi connectivity index (χ4n) is 3.54. The Morgan fingerprint density at radius 3 is 2.68 bits per heavy atom. The Morgan fingerprint density at radius 2 is 1.91 bits per heavy atom. The lowest BCUT2D eigenvalue weighted by atomic mass is 9.82. The lowest BCUT2D eigenvalue weighted by Crippen LogP contribution is -2.38. The van der Waals surface area contributed by atoms with E-state index in [0.29, 0.717) is 18.3 Å². The molecule has 1 aromatic carbocycles. The van der Waals surface area contributed by atoms with Gasteiger partial charge >= 0.3 is 5.97 Å². The molecule has 0 aromatic heterocycles. The first-order valence-corrected chi connectivity index (χ1v) is 8.31. The number of rotatable bonds is 5. The lowest BCUT2D eigenvalue weighted by molar-refractivity contribution is -0.215. The first-order valence-electron chi connectivity index (χ1n) is 8.31. The van der Waals surface area contributed by atoms with E-state index in [1.165, 1.54) is 32.1 Å². The molecule has 0 spiro atoms. The molecule has 22 heavy (non-hydrogen) atoms. The number of hydrogen-bond donors (Lipinski definition) is 1. The first kappa shape index (κ1) is 15.5. The number of benzene rings is 1. The summed E-state index contributed by atoms with van der Waals surface area (Å²) in [5, 5.41) is 8.88. The Kier molecular flexibility index (Phi) is 5.11. The zero-order valence-electron chi connectivity index (χ0n) is 12.9. The van der Waals surface area contributed by atoms with Crippen molar-refractivity contribution in [1.29, 1.82) is 0 Å². The van der Waals surface area contributed by atoms with E-state index in [-0.39, 0.29) is 6.29 Å². The molecule has 0 radical (unpaired) electrons. The summed E-state index contributed by atoms with van der Waals surface area (Å²) in [5.74, 6) is -0.141. The average molecular weight is 304 g/mol. The predicted molar refractivity (Wildman–Crippen MR) is 82.9 cm³/mol. The van der Waals surface area contributed by atoms with Crippen molar-refractivity contribution in [2.75, 3.05) is 6.61 Å². The van der Waals surface area contributed by atoms with Gasteiger partial charge in [-0.3, -0.25) is 0 Å². The number of hydrogen-bond acceptors (Lipinski definition) is 3. The minimum atomic E-state index is -0.888. The van der Waals surface area contributed by atoms with E-state index in [0.717, 1.165) is 24.3 Å². The molecule has 1 saturated carbocycles. The van der Waals surface area contributed by atoms with Crippen molar-refractivity contribution in [3.63, 3.8) is 0 Å². The molecule has 4 heteroatoms. The van der Waals surface area contributed by atoms with Crippen LogP contribution in [-0.4, -0.2) is 30.1 Å². The van der Waals surface area contributed by atoms with Gasteiger partial charge in [-0.25, -0.2) is 4.79 Å². The van der Waals surface area contributed by atoms with Crippen LogP contribution in [0.5, 0.6) is 0 Å². The Labute approximate surface area is 131 Å². The number of ether oxygens (including phenoxy) is 2. The van der Waals surface area contributed by atoms with E-state index in [1.54, 1.807) is 12.1 Å². The summed E-state index contributed by atoms with van der Waals surface area (Å²) < 4.78 is 12.0. The maximum absolute atomic E-state index is 10.8. The maximum Gasteiger partial charge on any atom is 0.335 e. The predicted octanol–water partition coefficient (Wildman–Crippen LogP) is 3.64. The second-order valence-electron chi connectivity index (χ2n) is 6.35. The second kappa shape index (κ2) is 7.25. The van der Waals surface area contributed by atoms with Crippen molar-refractivity contribution in [2.24, 2.45) is 5.92 Å². The minimum absolute atomic E-state index is 0.0577. The molecule has 1 saturated heterocycles. The highest BCUT2D eigenvalue weighted by atomic mass is 16.7. The topological polar surface area (TPSA) is 55.8 Å². The summed E-state index contributed by atoms with van der Waals surface area (Å²) >= 11 is 0. The fraction of sp³-hybridized carbons (Fsp3) is 0.611. The maximum atomic E-state index is 10.8. The van der Waals surface area contributed by atoms with Gasteiger partial charge in [0.05, 0.1) is 18.3 Å². The van der Waals surface area contributed by atoms with Crippen molar-refractivity contribution in [2.45, 2.75) is 57.3 Å². The van der Waals surface area contributed by atoms with Crippen molar-refractivity contribution in [3.05, 3.63) is 35.4 Å². The molecular weight excluding hydrogens is 280 g/mol. The van der Waals surface area contributed by atoms with Crippen molar-refractivity contribution in [3.8, 4) is 0 Å². The quantitative estimate of drug-likeness (QED) is 0.902. The summed E-state index contributed by atoms with van der Waals surface area (Å²) in [6.45, 7) is 0.620. The van der Waals surface area contributed by atoms with E-state index >= 15 is 0 Å². The Bertz CT molecular complexity index is 496. The molecule has 0 amide bonds. The van der Waals surface area contributed by atoms with E-state index in [9.17, 15) is 4.79 Å². The van der Waals surface area contributed by atoms with Gasteiger partial charge in [0.25, 0.3) is 0 Å². The molecule has 2 aliphatic rings. The molecule has 1 aliphatic heterocycles. The number of carboxylic acid groups (broad SMARTS) is 1. The van der Waals surface area contributed by atoms with Crippen molar-refractivity contribution < 1.29 is 19.4 Å². The van der Waals surface area contributed by atoms with Gasteiger partial charge in [-0.05, 0) is 55.7 Å². The Morgan fingerprint density at radius 1 is 1.14 bits per heavy atom. The van der Waals surface area contributed by atoms with Crippen LogP contribution in [0.2, 0.25) is 0 Å². The molecule has 4 nitrogen and oxygen atoms in total. The van der Waals surface area contributed by atoms with Crippen molar-refractivity contribution in [1.82, 2.24) is 0 Å². The van der Waals surface area contributed by atoms with E-state index in [1.807, 2.05) is 12.1 Å². The molecule has 0 unspecified atom stereocenters. The van der Waals surface area contributed by atoms with Gasteiger partial charge < -0.3 is 14.6 Å². The van der Waals surface area contributed by atoms with Gasteiger partial charge in [0, 0.05) is 0 Å². The molecular formula is C18H24O4. The summed E-state index contributed by atoms with van der Waals surface area (Å²) in [5.41, 5.74) is 1.42. The highest BCUT2D eigenvalue weighted by molar-refractivity contribution is 5.87. The normalized spacial score (nSPS) is 28.1. The Hall–Kier alpha value is -1.39. The van der Waals surface area contributed by atoms with Crippen LogP contribution in [-0.2, 0) is 15.9 Å². The van der Waals surface area contributed by atoms with Crippen LogP contribution in [0.4, 0.5) is 0 Å². The summed E-state index contributed by atoms with van der Waals surface area (Å²) in [7, 11) is 0. The molecule has 120 valence electrons. The second-order valence-corrected chi connectivity index (χ2v) is 6.35. The fourth-order valence-corrected chi connectivity index (χ4v) is 3.54. The monoisotopic (exact) mass is 304 g/mol. The SMILES string of the molecule is O=C(O)c1ccc(CCO[C@H]2CC[C@@H]3CCCC[C@H]3O2)cc1. The minimum Gasteiger partial charge on any atom is -0.478 e. The number of fused-ring (bicyclic) bond motifs is 1. The van der Waals surface area contributed by atoms with E-state index in [2.05, 4.69) is 0 Å². The van der Waals surface area contributed by atoms with Gasteiger partial charge in [0.15, 0.2) is 6.29 Å². The molecule has 1 aromatic rings. The third-order valence-corrected chi connectivity index (χ3v) is 4.83. The number of carbonyl (C=O) groups is 1. The average Bonchev–Trinajstić information content (AvgIpc) is 2.55. The van der Waals surface area contributed by atoms with Crippen molar-refractivity contribution >= 4 is 5.97 Å². The van der Waals surface area contributed by atoms with Crippen LogP contribution >= 0.6 is 0 Å². The van der Waals surface area contributed by atoms with Crippen LogP contribution in [0.25, 0.3) is 0 Å². The molecule has 3 atom stereocenters. The molecule has 3 rings (SSSR count). The highest BCUT2D eigenvalue weighted by Gasteiger charge is 2.33. The van der Waals surface area contributed by atoms with E-state index < -0.39 is 5.97 Å². The van der Waals surface area contributed by atoms with Crippen LogP contribution in [0, 0.1) is 5.92 Å². The van der Waals surface area contributed by atoms with E-state index in [4.69, 9.17) is 14.6 Å². The van der Waals surface area contributed by atoms with Gasteiger partial charge in [-0.1, -0.05) is 25.0 Å². The molecule has 2 fully saturated rings. The zero-order valence-corrected chi connectivity index (χ0v) is 12.9. The summed E-state index contributed by atoms with van der Waals surface area (Å²) in [6.07, 6.45) is 8.48. The van der Waals surface area contributed by atoms with Crippen LogP contribution in [0.1, 0.15) is 54.4 Å². The molecule has 1 heterocycles. The lowest BCUT2D eigenvalue weighted by Gasteiger charge is -2.39. The zero-order chi connectivity index (χ0) is 15.4. The smallest absolute Gasteiger partial charge is 0.335 e. The first-order chi connectivity index (χ1) is 10.7. The summed E-state index contributed by atoms with van der Waals surface area (Å²) in [4.78, 5) is 10.8. The van der Waals surface area contributed by atoms with Gasteiger partial charge in [0.2, 0.25) is 0 Å². The third kappa shape index (κ3) is 3.87. The van der Waals surface area contributed by atoms with Crippen LogP contribution in [0.15, 0.2) is 24.3 Å². The van der Waals surface area contributed by atoms with Crippen LogP contribution < -0.4 is 0 Å². The molecule has 1 aliphatic carbocycles. The van der Waals surface area contributed by atoms with Gasteiger partial charge in [-0.2, -0.15) is 0 Å². The largest absolute Gasteiger partial charge is 0.478 e. The standard InChI is InChI=1S/C18H24O4/c19-18(20)15-7-5-13(6-8-15)11-12-21-17-10-9-14-3-1-2-4-16(14)22-17/h5-8,14,16-17H,1-4,9-12H2,(H,19,20)/t14-,16+,17+/m0/s1. The van der Waals surface area contributed by atoms with Gasteiger partial charge in [-0.15, -0.1) is 0 Å². The van der Waals surface area contributed by atoms with Crippen LogP contribution in [0.3, 0.4) is 0 Å². The highest BCUT2D eigenvalue weighted by Crippen LogP contribution is 2.35. The number of aromatic carboxylic acids is 1. The Balaban J connectivity index is 1.42. The third-order valence-electron chi connectivity index (χ3n) is 4.83. The molecule has 1 N–H and O–H groups in total.